The van der Waals surface area contributed by atoms with Crippen molar-refractivity contribution >= 4 is 20.0 Å². The summed E-state index contributed by atoms with van der Waals surface area (Å²) in [5.74, 6) is 0.591. The lowest BCUT2D eigenvalue weighted by Crippen LogP contribution is -2.38. The number of hydrogen-bond acceptors (Lipinski definition) is 6. The molecule has 0 saturated heterocycles. The number of methoxy groups -OCH3 is 2. The molecule has 0 saturated carbocycles. The van der Waals surface area contributed by atoms with Crippen molar-refractivity contribution in [3.05, 3.63) is 30.9 Å². The molecule has 0 aliphatic carbocycles. The van der Waals surface area contributed by atoms with Crippen LogP contribution in [-0.2, 0) is 20.0 Å². The summed E-state index contributed by atoms with van der Waals surface area (Å²) in [5.41, 5.74) is 0. The zero-order chi connectivity index (χ0) is 18.4. The van der Waals surface area contributed by atoms with Crippen LogP contribution in [0.4, 0.5) is 0 Å². The number of rotatable bonds is 10. The van der Waals surface area contributed by atoms with Crippen molar-refractivity contribution in [1.29, 1.82) is 0 Å². The molecule has 0 fully saturated rings. The van der Waals surface area contributed by atoms with Gasteiger partial charge < -0.3 is 9.47 Å². The van der Waals surface area contributed by atoms with Crippen LogP contribution in [0.2, 0.25) is 0 Å². The highest BCUT2D eigenvalue weighted by Crippen LogP contribution is 2.28. The van der Waals surface area contributed by atoms with Gasteiger partial charge in [-0.05, 0) is 12.1 Å². The molecule has 24 heavy (non-hydrogen) atoms. The number of hydrogen-bond donors (Lipinski definition) is 1. The van der Waals surface area contributed by atoms with Crippen LogP contribution in [0.25, 0.3) is 0 Å². The second-order valence-electron chi connectivity index (χ2n) is 4.82. The third-order valence-electron chi connectivity index (χ3n) is 3.12. The number of benzene rings is 1. The van der Waals surface area contributed by atoms with Gasteiger partial charge in [-0.25, -0.2) is 21.6 Å². The molecule has 0 aromatic heterocycles. The topological polar surface area (TPSA) is 102 Å². The van der Waals surface area contributed by atoms with E-state index in [4.69, 9.17) is 9.47 Å². The normalized spacial score (nSPS) is 12.2. The molecular formula is C14H22N2O6S2. The van der Waals surface area contributed by atoms with Gasteiger partial charge >= 0.3 is 0 Å². The first-order valence-electron chi connectivity index (χ1n) is 6.93. The highest BCUT2D eigenvalue weighted by molar-refractivity contribution is 7.89. The van der Waals surface area contributed by atoms with Gasteiger partial charge in [-0.1, -0.05) is 6.08 Å². The average Bonchev–Trinajstić information content (AvgIpc) is 2.52. The summed E-state index contributed by atoms with van der Waals surface area (Å²) in [5, 5.41) is 0. The fourth-order valence-corrected chi connectivity index (χ4v) is 3.88. The van der Waals surface area contributed by atoms with Crippen LogP contribution >= 0.6 is 0 Å². The summed E-state index contributed by atoms with van der Waals surface area (Å²) in [7, 11) is -4.50. The van der Waals surface area contributed by atoms with Gasteiger partial charge in [0.2, 0.25) is 20.0 Å². The average molecular weight is 378 g/mol. The van der Waals surface area contributed by atoms with Gasteiger partial charge in [0.05, 0.1) is 20.5 Å². The number of sulfonamides is 2. The summed E-state index contributed by atoms with van der Waals surface area (Å²) < 4.78 is 61.5. The summed E-state index contributed by atoms with van der Waals surface area (Å²) in [4.78, 5) is -0.0552. The second-order valence-corrected chi connectivity index (χ2v) is 8.54. The predicted octanol–water partition coefficient (Wildman–Crippen LogP) is 0.430. The Labute approximate surface area is 143 Å². The predicted molar refractivity (Wildman–Crippen MR) is 91.3 cm³/mol. The Balaban J connectivity index is 2.89. The molecule has 1 rings (SSSR count). The summed E-state index contributed by atoms with van der Waals surface area (Å²) in [6.07, 6.45) is 2.49. The molecule has 0 bridgehead atoms. The van der Waals surface area contributed by atoms with Gasteiger partial charge in [-0.3, -0.25) is 0 Å². The largest absolute Gasteiger partial charge is 0.497 e. The first-order valence-corrected chi connectivity index (χ1v) is 10.3. The Kier molecular flexibility index (Phi) is 7.21. The van der Waals surface area contributed by atoms with E-state index < -0.39 is 20.0 Å². The van der Waals surface area contributed by atoms with Crippen LogP contribution in [0, 0.1) is 0 Å². The van der Waals surface area contributed by atoms with E-state index >= 15 is 0 Å². The molecule has 1 N–H and O–H groups in total. The third-order valence-corrected chi connectivity index (χ3v) is 5.89. The van der Waals surface area contributed by atoms with Crippen molar-refractivity contribution in [2.75, 3.05) is 40.1 Å². The molecule has 0 spiro atoms. The van der Waals surface area contributed by atoms with Crippen LogP contribution in [0.15, 0.2) is 35.7 Å². The molecule has 136 valence electrons. The van der Waals surface area contributed by atoms with E-state index in [1.807, 2.05) is 0 Å². The Hall–Kier alpha value is -1.62. The first-order chi connectivity index (χ1) is 11.2. The van der Waals surface area contributed by atoms with Crippen molar-refractivity contribution in [2.45, 2.75) is 4.90 Å². The minimum Gasteiger partial charge on any atom is -0.497 e. The van der Waals surface area contributed by atoms with Crippen LogP contribution < -0.4 is 14.2 Å². The molecule has 10 heteroatoms. The molecule has 0 unspecified atom stereocenters. The van der Waals surface area contributed by atoms with Gasteiger partial charge in [-0.2, -0.15) is 4.31 Å². The maximum atomic E-state index is 12.4. The molecule has 0 atom stereocenters. The van der Waals surface area contributed by atoms with Crippen molar-refractivity contribution in [3.8, 4) is 11.5 Å². The van der Waals surface area contributed by atoms with E-state index in [9.17, 15) is 16.8 Å². The Morgan fingerprint density at radius 1 is 1.21 bits per heavy atom. The van der Waals surface area contributed by atoms with Crippen molar-refractivity contribution in [1.82, 2.24) is 9.03 Å². The number of nitrogens with one attached hydrogen (secondary N) is 1. The van der Waals surface area contributed by atoms with Crippen molar-refractivity contribution < 1.29 is 26.3 Å². The van der Waals surface area contributed by atoms with E-state index in [-0.39, 0.29) is 30.3 Å². The smallest absolute Gasteiger partial charge is 0.244 e. The monoisotopic (exact) mass is 378 g/mol. The fourth-order valence-electron chi connectivity index (χ4n) is 1.92. The minimum absolute atomic E-state index is 0.0114. The van der Waals surface area contributed by atoms with E-state index in [1.54, 1.807) is 0 Å². The molecule has 0 aliphatic rings. The Morgan fingerprint density at radius 2 is 1.88 bits per heavy atom. The van der Waals surface area contributed by atoms with Gasteiger partial charge in [0.15, 0.2) is 0 Å². The number of ether oxygens (including phenoxy) is 2. The minimum atomic E-state index is -3.86. The first kappa shape index (κ1) is 20.4. The van der Waals surface area contributed by atoms with E-state index in [0.717, 1.165) is 10.6 Å². The van der Waals surface area contributed by atoms with Gasteiger partial charge in [0.1, 0.15) is 16.4 Å². The summed E-state index contributed by atoms with van der Waals surface area (Å²) in [6, 6.07) is 4.31. The van der Waals surface area contributed by atoms with E-state index in [0.29, 0.717) is 5.75 Å². The highest BCUT2D eigenvalue weighted by atomic mass is 32.2. The Bertz CT molecular complexity index is 774. The maximum Gasteiger partial charge on any atom is 0.244 e. The standard InChI is InChI=1S/C14H22N2O6S2/c1-5-9-16(23(4,17)18)10-8-15-24(19,20)14-7-6-12(21-2)11-13(14)22-3/h5-7,11,15H,1,8-10H2,2-4H3. The molecule has 8 nitrogen and oxygen atoms in total. The molecule has 1 aromatic rings. The fraction of sp³-hybridized carbons (Fsp3) is 0.429. The van der Waals surface area contributed by atoms with Crippen molar-refractivity contribution in [2.24, 2.45) is 0 Å². The molecule has 1 aromatic carbocycles. The zero-order valence-corrected chi connectivity index (χ0v) is 15.5. The maximum absolute atomic E-state index is 12.4. The quantitative estimate of drug-likeness (QED) is 0.593. The Morgan fingerprint density at radius 3 is 2.38 bits per heavy atom. The molecule has 0 amide bonds. The van der Waals surface area contributed by atoms with Crippen LogP contribution in [0.3, 0.4) is 0 Å². The lowest BCUT2D eigenvalue weighted by molar-refractivity contribution is 0.385. The lowest BCUT2D eigenvalue weighted by atomic mass is 10.3. The van der Waals surface area contributed by atoms with Gasteiger partial charge in [0, 0.05) is 25.7 Å². The third kappa shape index (κ3) is 5.48. The summed E-state index contributed by atoms with van der Waals surface area (Å²) >= 11 is 0. The zero-order valence-electron chi connectivity index (χ0n) is 13.9. The number of nitrogens with zero attached hydrogens (tertiary/aromatic N) is 1. The summed E-state index contributed by atoms with van der Waals surface area (Å²) in [6.45, 7) is 3.49. The van der Waals surface area contributed by atoms with E-state index in [1.165, 1.54) is 38.5 Å². The SMILES string of the molecule is C=CCN(CCNS(=O)(=O)c1ccc(OC)cc1OC)S(C)(=O)=O. The molecule has 0 aliphatic heterocycles. The molecule has 0 radical (unpaired) electrons. The lowest BCUT2D eigenvalue weighted by Gasteiger charge is -2.18. The highest BCUT2D eigenvalue weighted by Gasteiger charge is 2.21. The van der Waals surface area contributed by atoms with Crippen molar-refractivity contribution in [3.63, 3.8) is 0 Å². The van der Waals surface area contributed by atoms with E-state index in [2.05, 4.69) is 11.3 Å². The van der Waals surface area contributed by atoms with Gasteiger partial charge in [-0.15, -0.1) is 6.58 Å². The van der Waals surface area contributed by atoms with Gasteiger partial charge in [0.25, 0.3) is 0 Å². The molecular weight excluding hydrogens is 356 g/mol. The van der Waals surface area contributed by atoms with Crippen LogP contribution in [0.1, 0.15) is 0 Å². The van der Waals surface area contributed by atoms with Crippen LogP contribution in [0.5, 0.6) is 11.5 Å². The van der Waals surface area contributed by atoms with Crippen LogP contribution in [-0.4, -0.2) is 61.3 Å². The molecule has 0 heterocycles. The second kappa shape index (κ2) is 8.47.